The Kier molecular flexibility index (Phi) is 6.82. The van der Waals surface area contributed by atoms with Gasteiger partial charge in [-0.2, -0.15) is 0 Å². The van der Waals surface area contributed by atoms with Crippen LogP contribution in [0.1, 0.15) is 19.8 Å². The molecule has 2 saturated heterocycles. The molecule has 0 bridgehead atoms. The number of nitrogens with one attached hydrogen (secondary N) is 3. The zero-order valence-corrected chi connectivity index (χ0v) is 18.4. The number of nitrogens with zero attached hydrogens (tertiary/aromatic N) is 4. The Morgan fingerprint density at radius 3 is 2.77 bits per heavy atom. The third kappa shape index (κ3) is 5.22. The van der Waals surface area contributed by atoms with E-state index in [2.05, 4.69) is 49.8 Å². The quantitative estimate of drug-likeness (QED) is 0.595. The van der Waals surface area contributed by atoms with Gasteiger partial charge in [-0.15, -0.1) is 0 Å². The fourth-order valence-corrected chi connectivity index (χ4v) is 4.66. The lowest BCUT2D eigenvalue weighted by molar-refractivity contribution is -0.127. The van der Waals surface area contributed by atoms with Crippen LogP contribution in [0, 0.1) is 5.92 Å². The van der Waals surface area contributed by atoms with Crippen molar-refractivity contribution in [2.45, 2.75) is 37.9 Å². The number of urea groups is 1. The van der Waals surface area contributed by atoms with Crippen molar-refractivity contribution in [3.63, 3.8) is 0 Å². The average molecular weight is 428 g/mol. The Hall–Kier alpha value is -2.52. The van der Waals surface area contributed by atoms with E-state index in [1.807, 2.05) is 12.3 Å². The highest BCUT2D eigenvalue weighted by molar-refractivity contribution is 6.04. The number of hydrogen-bond donors (Lipinski definition) is 3. The van der Waals surface area contributed by atoms with Gasteiger partial charge in [0.1, 0.15) is 5.84 Å². The van der Waals surface area contributed by atoms with Gasteiger partial charge in [0, 0.05) is 57.9 Å². The average Bonchev–Trinajstić information content (AvgIpc) is 2.79. The molecule has 9 heteroatoms. The second kappa shape index (κ2) is 9.74. The molecule has 3 N–H and O–H groups in total. The summed E-state index contributed by atoms with van der Waals surface area (Å²) in [6.07, 6.45) is 9.95. The molecule has 4 unspecified atom stereocenters. The van der Waals surface area contributed by atoms with Gasteiger partial charge in [0.2, 0.25) is 5.91 Å². The minimum absolute atomic E-state index is 0.0411. The molecule has 0 saturated carbocycles. The van der Waals surface area contributed by atoms with Crippen LogP contribution in [0.2, 0.25) is 0 Å². The summed E-state index contributed by atoms with van der Waals surface area (Å²) in [7, 11) is 1.59. The lowest BCUT2D eigenvalue weighted by Crippen LogP contribution is -2.53. The third-order valence-corrected chi connectivity index (χ3v) is 6.61. The molecule has 0 aromatic carbocycles. The highest BCUT2D eigenvalue weighted by Crippen LogP contribution is 2.25. The van der Waals surface area contributed by atoms with Crippen LogP contribution in [-0.2, 0) is 4.79 Å². The van der Waals surface area contributed by atoms with Gasteiger partial charge >= 0.3 is 6.03 Å². The molecule has 4 heterocycles. The summed E-state index contributed by atoms with van der Waals surface area (Å²) in [6, 6.07) is 0.252. The maximum Gasteiger partial charge on any atom is 0.320 e. The Labute approximate surface area is 183 Å². The van der Waals surface area contributed by atoms with Crippen molar-refractivity contribution < 1.29 is 9.59 Å². The molecule has 2 fully saturated rings. The van der Waals surface area contributed by atoms with E-state index in [0.29, 0.717) is 12.4 Å². The van der Waals surface area contributed by atoms with Gasteiger partial charge in [0.05, 0.1) is 18.6 Å². The van der Waals surface area contributed by atoms with Gasteiger partial charge in [-0.25, -0.2) is 4.79 Å². The van der Waals surface area contributed by atoms with E-state index in [-0.39, 0.29) is 36.0 Å². The van der Waals surface area contributed by atoms with Crippen LogP contribution < -0.4 is 16.0 Å². The molecule has 4 rings (SSSR count). The fourth-order valence-electron chi connectivity index (χ4n) is 4.66. The van der Waals surface area contributed by atoms with Crippen molar-refractivity contribution in [3.8, 4) is 0 Å². The minimum Gasteiger partial charge on any atom is -0.347 e. The molecule has 0 aromatic rings. The predicted molar refractivity (Wildman–Crippen MR) is 122 cm³/mol. The first kappa shape index (κ1) is 21.7. The second-order valence-corrected chi connectivity index (χ2v) is 8.63. The molecule has 9 nitrogen and oxygen atoms in total. The highest BCUT2D eigenvalue weighted by Gasteiger charge is 2.35. The Morgan fingerprint density at radius 1 is 1.29 bits per heavy atom. The molecule has 4 aliphatic rings. The number of carbonyl (C=O) groups is 2. The first-order valence-electron chi connectivity index (χ1n) is 11.3. The van der Waals surface area contributed by atoms with Gasteiger partial charge in [0.25, 0.3) is 0 Å². The topological polar surface area (TPSA) is 101 Å². The standard InChI is InChI=1S/C22H33N7O2/c1-3-16-11-18-19(26-21(16)30)10-15(12-24-18)14-28-6-8-29(9-7-28)17-4-5-20(25-13-17)27-22(31)23-2/h4-5,10,12,16-19H,3,6-9,11,13-14H2,1-2H3,(H,26,30)(H2,23,25,27,31). The SMILES string of the molecule is CCC1CC2N=CC(CN3CCN(C4C=CC(NC(=O)NC)=NC4)CC3)=CC2NC1=O. The molecule has 4 aliphatic heterocycles. The highest BCUT2D eigenvalue weighted by atomic mass is 16.2. The first-order valence-corrected chi connectivity index (χ1v) is 11.3. The summed E-state index contributed by atoms with van der Waals surface area (Å²) in [6.45, 7) is 7.53. The normalized spacial score (nSPS) is 31.4. The van der Waals surface area contributed by atoms with Crippen LogP contribution in [0.4, 0.5) is 4.79 Å². The van der Waals surface area contributed by atoms with E-state index in [4.69, 9.17) is 4.99 Å². The minimum atomic E-state index is -0.250. The predicted octanol–water partition coefficient (Wildman–Crippen LogP) is 0.164. The lowest BCUT2D eigenvalue weighted by atomic mass is 9.86. The van der Waals surface area contributed by atoms with E-state index in [9.17, 15) is 9.59 Å². The summed E-state index contributed by atoms with van der Waals surface area (Å²) in [5.41, 5.74) is 1.19. The van der Waals surface area contributed by atoms with Gasteiger partial charge in [0.15, 0.2) is 0 Å². The summed E-state index contributed by atoms with van der Waals surface area (Å²) in [5.74, 6) is 0.869. The lowest BCUT2D eigenvalue weighted by Gasteiger charge is -2.39. The van der Waals surface area contributed by atoms with E-state index < -0.39 is 0 Å². The smallest absolute Gasteiger partial charge is 0.320 e. The first-order chi connectivity index (χ1) is 15.1. The van der Waals surface area contributed by atoms with Crippen molar-refractivity contribution in [1.29, 1.82) is 0 Å². The molecular formula is C22H33N7O2. The van der Waals surface area contributed by atoms with Crippen molar-refractivity contribution in [1.82, 2.24) is 25.8 Å². The molecule has 31 heavy (non-hydrogen) atoms. The summed E-state index contributed by atoms with van der Waals surface area (Å²) in [4.78, 5) is 37.7. The van der Waals surface area contributed by atoms with E-state index in [1.165, 1.54) is 5.57 Å². The number of rotatable bonds is 4. The number of amides is 3. The second-order valence-electron chi connectivity index (χ2n) is 8.63. The summed E-state index contributed by atoms with van der Waals surface area (Å²) >= 11 is 0. The molecule has 0 aliphatic carbocycles. The van der Waals surface area contributed by atoms with Crippen LogP contribution >= 0.6 is 0 Å². The van der Waals surface area contributed by atoms with Crippen LogP contribution in [0.15, 0.2) is 33.8 Å². The molecule has 3 amide bonds. The zero-order chi connectivity index (χ0) is 21.8. The maximum absolute atomic E-state index is 12.2. The largest absolute Gasteiger partial charge is 0.347 e. The van der Waals surface area contributed by atoms with Crippen molar-refractivity contribution in [2.75, 3.05) is 46.3 Å². The number of carbonyl (C=O) groups excluding carboxylic acids is 2. The number of amidine groups is 1. The van der Waals surface area contributed by atoms with Gasteiger partial charge in [-0.05, 0) is 24.5 Å². The van der Waals surface area contributed by atoms with Crippen LogP contribution in [0.25, 0.3) is 0 Å². The van der Waals surface area contributed by atoms with Gasteiger partial charge in [-0.1, -0.05) is 19.1 Å². The fraction of sp³-hybridized carbons (Fsp3) is 0.636. The van der Waals surface area contributed by atoms with E-state index in [0.717, 1.165) is 45.6 Å². The molecule has 4 atom stereocenters. The van der Waals surface area contributed by atoms with Gasteiger partial charge in [-0.3, -0.25) is 29.9 Å². The monoisotopic (exact) mass is 427 g/mol. The third-order valence-electron chi connectivity index (χ3n) is 6.61. The van der Waals surface area contributed by atoms with Crippen molar-refractivity contribution in [2.24, 2.45) is 15.9 Å². The summed E-state index contributed by atoms with van der Waals surface area (Å²) < 4.78 is 0. The number of aliphatic imine (C=N–C) groups is 2. The number of piperazine rings is 1. The molecule has 0 spiro atoms. The van der Waals surface area contributed by atoms with Crippen molar-refractivity contribution in [3.05, 3.63) is 23.8 Å². The number of piperidine rings is 1. The van der Waals surface area contributed by atoms with E-state index >= 15 is 0 Å². The number of fused-ring (bicyclic) bond motifs is 1. The molecular weight excluding hydrogens is 394 g/mol. The van der Waals surface area contributed by atoms with Gasteiger partial charge < -0.3 is 10.6 Å². The molecule has 0 radical (unpaired) electrons. The Bertz CT molecular complexity index is 811. The Balaban J connectivity index is 1.23. The molecule has 0 aromatic heterocycles. The molecule has 168 valence electrons. The Morgan fingerprint density at radius 2 is 2.10 bits per heavy atom. The van der Waals surface area contributed by atoms with Crippen LogP contribution in [-0.4, -0.2) is 98.2 Å². The maximum atomic E-state index is 12.2. The van der Waals surface area contributed by atoms with Crippen LogP contribution in [0.3, 0.4) is 0 Å². The van der Waals surface area contributed by atoms with Crippen molar-refractivity contribution >= 4 is 24.0 Å². The van der Waals surface area contributed by atoms with E-state index in [1.54, 1.807) is 7.05 Å². The zero-order valence-electron chi connectivity index (χ0n) is 18.4. The number of hydrogen-bond acceptors (Lipinski definition) is 6. The number of dihydropyridines is 2. The van der Waals surface area contributed by atoms with Crippen LogP contribution in [0.5, 0.6) is 0 Å². The summed E-state index contributed by atoms with van der Waals surface area (Å²) in [5, 5.41) is 8.40.